The van der Waals surface area contributed by atoms with Gasteiger partial charge in [-0.1, -0.05) is 35.9 Å². The van der Waals surface area contributed by atoms with Gasteiger partial charge in [0.05, 0.1) is 16.4 Å². The van der Waals surface area contributed by atoms with Crippen molar-refractivity contribution in [1.82, 2.24) is 10.6 Å². The van der Waals surface area contributed by atoms with E-state index in [-0.39, 0.29) is 18.0 Å². The van der Waals surface area contributed by atoms with Crippen LogP contribution in [0.1, 0.15) is 29.0 Å². The molecular formula is C16H17ClN2OS. The van der Waals surface area contributed by atoms with E-state index in [0.717, 1.165) is 22.2 Å². The first-order valence-corrected chi connectivity index (χ1v) is 8.18. The molecule has 3 nitrogen and oxygen atoms in total. The fraction of sp³-hybridized carbons (Fsp3) is 0.312. The maximum absolute atomic E-state index is 12.4. The number of nitrogens with one attached hydrogen (secondary N) is 2. The van der Waals surface area contributed by atoms with Gasteiger partial charge in [-0.2, -0.15) is 0 Å². The standard InChI is InChI=1S/C16H17ClN2OS/c1-10(14-6-7-15(17)21-14)19-16(20)13-8-11-4-2-3-5-12(11)9-18-13/h2-7,10,13,18H,8-9H2,1H3,(H,19,20). The highest BCUT2D eigenvalue weighted by Crippen LogP contribution is 2.27. The third-order valence-electron chi connectivity index (χ3n) is 3.78. The maximum Gasteiger partial charge on any atom is 0.237 e. The lowest BCUT2D eigenvalue weighted by Crippen LogP contribution is -2.48. The number of thiophene rings is 1. The zero-order valence-electron chi connectivity index (χ0n) is 11.7. The number of fused-ring (bicyclic) bond motifs is 1. The van der Waals surface area contributed by atoms with E-state index in [4.69, 9.17) is 11.6 Å². The van der Waals surface area contributed by atoms with Gasteiger partial charge in [0.15, 0.2) is 0 Å². The maximum atomic E-state index is 12.4. The molecule has 1 aromatic carbocycles. The Morgan fingerprint density at radius 2 is 2.10 bits per heavy atom. The van der Waals surface area contributed by atoms with Crippen molar-refractivity contribution in [1.29, 1.82) is 0 Å². The Hall–Kier alpha value is -1.36. The van der Waals surface area contributed by atoms with Crippen molar-refractivity contribution in [2.75, 3.05) is 0 Å². The highest BCUT2D eigenvalue weighted by atomic mass is 35.5. The summed E-state index contributed by atoms with van der Waals surface area (Å²) in [5.41, 5.74) is 2.53. The van der Waals surface area contributed by atoms with Crippen LogP contribution >= 0.6 is 22.9 Å². The summed E-state index contributed by atoms with van der Waals surface area (Å²) in [4.78, 5) is 13.5. The fourth-order valence-electron chi connectivity index (χ4n) is 2.59. The Morgan fingerprint density at radius 1 is 1.33 bits per heavy atom. The monoisotopic (exact) mass is 320 g/mol. The first-order chi connectivity index (χ1) is 10.1. The summed E-state index contributed by atoms with van der Waals surface area (Å²) >= 11 is 7.44. The molecule has 5 heteroatoms. The molecule has 1 aliphatic heterocycles. The van der Waals surface area contributed by atoms with Crippen LogP contribution in [0.25, 0.3) is 0 Å². The van der Waals surface area contributed by atoms with Crippen LogP contribution in [0.3, 0.4) is 0 Å². The van der Waals surface area contributed by atoms with Gasteiger partial charge in [0.2, 0.25) is 5.91 Å². The van der Waals surface area contributed by atoms with Crippen LogP contribution in [0.2, 0.25) is 4.34 Å². The van der Waals surface area contributed by atoms with Crippen LogP contribution in [-0.4, -0.2) is 11.9 Å². The summed E-state index contributed by atoms with van der Waals surface area (Å²) in [5.74, 6) is 0.0431. The van der Waals surface area contributed by atoms with E-state index in [1.165, 1.54) is 22.5 Å². The minimum atomic E-state index is -0.169. The minimum Gasteiger partial charge on any atom is -0.347 e. The molecule has 3 rings (SSSR count). The van der Waals surface area contributed by atoms with Crippen LogP contribution in [0.5, 0.6) is 0 Å². The number of benzene rings is 1. The predicted octanol–water partition coefficient (Wildman–Crippen LogP) is 3.29. The SMILES string of the molecule is CC(NC(=O)C1Cc2ccccc2CN1)c1ccc(Cl)s1. The summed E-state index contributed by atoms with van der Waals surface area (Å²) in [7, 11) is 0. The molecule has 1 aliphatic rings. The van der Waals surface area contributed by atoms with Crippen LogP contribution in [-0.2, 0) is 17.8 Å². The molecule has 1 amide bonds. The fourth-order valence-corrected chi connectivity index (χ4v) is 3.65. The molecule has 0 saturated heterocycles. The molecule has 0 aliphatic carbocycles. The van der Waals surface area contributed by atoms with Gasteiger partial charge < -0.3 is 10.6 Å². The summed E-state index contributed by atoms with van der Waals surface area (Å²) in [6.45, 7) is 2.73. The molecule has 0 saturated carbocycles. The van der Waals surface area contributed by atoms with Gasteiger partial charge in [-0.15, -0.1) is 11.3 Å². The van der Waals surface area contributed by atoms with Crippen molar-refractivity contribution >= 4 is 28.8 Å². The zero-order chi connectivity index (χ0) is 14.8. The number of hydrogen-bond acceptors (Lipinski definition) is 3. The first kappa shape index (κ1) is 14.6. The predicted molar refractivity (Wildman–Crippen MR) is 86.7 cm³/mol. The molecule has 1 aromatic heterocycles. The lowest BCUT2D eigenvalue weighted by atomic mass is 9.95. The molecule has 0 bridgehead atoms. The van der Waals surface area contributed by atoms with E-state index in [9.17, 15) is 4.79 Å². The second-order valence-corrected chi connectivity index (χ2v) is 7.03. The van der Waals surface area contributed by atoms with Crippen LogP contribution in [0.4, 0.5) is 0 Å². The Morgan fingerprint density at radius 3 is 2.81 bits per heavy atom. The topological polar surface area (TPSA) is 41.1 Å². The number of halogens is 1. The van der Waals surface area contributed by atoms with E-state index >= 15 is 0 Å². The van der Waals surface area contributed by atoms with E-state index in [0.29, 0.717) is 0 Å². The van der Waals surface area contributed by atoms with Crippen LogP contribution < -0.4 is 10.6 Å². The quantitative estimate of drug-likeness (QED) is 0.911. The van der Waals surface area contributed by atoms with Gasteiger partial charge >= 0.3 is 0 Å². The summed E-state index contributed by atoms with van der Waals surface area (Å²) < 4.78 is 0.746. The number of rotatable bonds is 3. The molecule has 2 heterocycles. The first-order valence-electron chi connectivity index (χ1n) is 6.99. The van der Waals surface area contributed by atoms with Gasteiger partial charge in [-0.3, -0.25) is 4.79 Å². The van der Waals surface area contributed by atoms with Gasteiger partial charge in [0, 0.05) is 11.4 Å². The lowest BCUT2D eigenvalue weighted by molar-refractivity contribution is -0.123. The van der Waals surface area contributed by atoms with Crippen molar-refractivity contribution in [3.63, 3.8) is 0 Å². The molecule has 0 fully saturated rings. The molecule has 110 valence electrons. The Bertz CT molecular complexity index is 655. The Balaban J connectivity index is 1.64. The summed E-state index contributed by atoms with van der Waals surface area (Å²) in [6, 6.07) is 11.9. The number of amides is 1. The highest BCUT2D eigenvalue weighted by molar-refractivity contribution is 7.16. The van der Waals surface area contributed by atoms with Crippen molar-refractivity contribution < 1.29 is 4.79 Å². The molecular weight excluding hydrogens is 304 g/mol. The average Bonchev–Trinajstić information content (AvgIpc) is 2.93. The largest absolute Gasteiger partial charge is 0.347 e. The molecule has 0 spiro atoms. The van der Waals surface area contributed by atoms with Gasteiger partial charge in [0.25, 0.3) is 0 Å². The van der Waals surface area contributed by atoms with Gasteiger partial charge in [-0.05, 0) is 36.6 Å². The van der Waals surface area contributed by atoms with E-state index in [1.807, 2.05) is 31.2 Å². The van der Waals surface area contributed by atoms with Crippen LogP contribution in [0.15, 0.2) is 36.4 Å². The average molecular weight is 321 g/mol. The van der Waals surface area contributed by atoms with Crippen molar-refractivity contribution in [2.24, 2.45) is 0 Å². The third kappa shape index (κ3) is 3.28. The van der Waals surface area contributed by atoms with Gasteiger partial charge in [-0.25, -0.2) is 0 Å². The van der Waals surface area contributed by atoms with E-state index < -0.39 is 0 Å². The second kappa shape index (κ2) is 6.18. The van der Waals surface area contributed by atoms with Crippen molar-refractivity contribution in [3.8, 4) is 0 Å². The molecule has 2 N–H and O–H groups in total. The molecule has 2 unspecified atom stereocenters. The van der Waals surface area contributed by atoms with Crippen LogP contribution in [0, 0.1) is 0 Å². The number of hydrogen-bond donors (Lipinski definition) is 2. The minimum absolute atomic E-state index is 0.0195. The molecule has 21 heavy (non-hydrogen) atoms. The van der Waals surface area contributed by atoms with E-state index in [1.54, 1.807) is 0 Å². The molecule has 2 atom stereocenters. The van der Waals surface area contributed by atoms with Crippen molar-refractivity contribution in [2.45, 2.75) is 32.0 Å². The lowest BCUT2D eigenvalue weighted by Gasteiger charge is -2.26. The Labute approximate surface area is 133 Å². The van der Waals surface area contributed by atoms with Gasteiger partial charge in [0.1, 0.15) is 0 Å². The third-order valence-corrected chi connectivity index (χ3v) is 5.19. The number of carbonyl (C=O) groups is 1. The Kier molecular flexibility index (Phi) is 4.29. The number of carbonyl (C=O) groups excluding carboxylic acids is 1. The summed E-state index contributed by atoms with van der Waals surface area (Å²) in [5, 5.41) is 6.36. The van der Waals surface area contributed by atoms with E-state index in [2.05, 4.69) is 22.8 Å². The molecule has 2 aromatic rings. The smallest absolute Gasteiger partial charge is 0.237 e. The second-order valence-electron chi connectivity index (χ2n) is 5.28. The summed E-state index contributed by atoms with van der Waals surface area (Å²) in [6.07, 6.45) is 0.736. The highest BCUT2D eigenvalue weighted by Gasteiger charge is 2.25. The zero-order valence-corrected chi connectivity index (χ0v) is 13.3. The normalized spacial score (nSPS) is 18.9. The molecule has 0 radical (unpaired) electrons. The van der Waals surface area contributed by atoms with Crippen molar-refractivity contribution in [3.05, 3.63) is 56.7 Å².